The summed E-state index contributed by atoms with van der Waals surface area (Å²) < 4.78 is 44.4. The zero-order valence-corrected chi connectivity index (χ0v) is 10.7. The molecule has 0 fully saturated rings. The number of esters is 1. The number of carbonyl (C=O) groups excluding carboxylic acids is 1. The molecule has 1 heterocycles. The number of rotatable bonds is 3. The second-order valence-electron chi connectivity index (χ2n) is 4.21. The van der Waals surface area contributed by atoms with Crippen LogP contribution in [-0.4, -0.2) is 17.6 Å². The van der Waals surface area contributed by atoms with Crippen LogP contribution < -0.4 is 0 Å². The predicted molar refractivity (Wildman–Crippen MR) is 68.5 cm³/mol. The van der Waals surface area contributed by atoms with Gasteiger partial charge in [0.1, 0.15) is 0 Å². The first kappa shape index (κ1) is 14.2. The van der Waals surface area contributed by atoms with Crippen molar-refractivity contribution in [2.24, 2.45) is 0 Å². The Morgan fingerprint density at radius 2 is 2.15 bits per heavy atom. The summed E-state index contributed by atoms with van der Waals surface area (Å²) in [6, 6.07) is 3.25. The quantitative estimate of drug-likeness (QED) is 0.636. The lowest BCUT2D eigenvalue weighted by atomic mass is 10.1. The molecule has 0 aliphatic rings. The zero-order valence-electron chi connectivity index (χ0n) is 10.7. The molecule has 0 saturated carbocycles. The number of halogens is 3. The van der Waals surface area contributed by atoms with E-state index in [-0.39, 0.29) is 5.56 Å². The molecule has 1 aromatic heterocycles. The maximum absolute atomic E-state index is 12.7. The van der Waals surface area contributed by atoms with Gasteiger partial charge in [-0.05, 0) is 12.1 Å². The highest BCUT2D eigenvalue weighted by atomic mass is 19.4. The van der Waals surface area contributed by atoms with Gasteiger partial charge < -0.3 is 9.30 Å². The minimum absolute atomic E-state index is 0.234. The van der Waals surface area contributed by atoms with E-state index in [0.717, 1.165) is 12.1 Å². The molecule has 20 heavy (non-hydrogen) atoms. The van der Waals surface area contributed by atoms with Gasteiger partial charge in [0.15, 0.2) is 0 Å². The van der Waals surface area contributed by atoms with Gasteiger partial charge in [0, 0.05) is 23.6 Å². The first-order chi connectivity index (χ1) is 9.38. The molecule has 0 saturated heterocycles. The number of fused-ring (bicyclic) bond motifs is 1. The molecule has 0 aliphatic carbocycles. The SMILES string of the molecule is C=CCn1cc(C(=O)OC)c2ccc(C(F)(F)F)cc21. The van der Waals surface area contributed by atoms with E-state index >= 15 is 0 Å². The van der Waals surface area contributed by atoms with Gasteiger partial charge >= 0.3 is 12.1 Å². The molecule has 0 aliphatic heterocycles. The molecule has 0 spiro atoms. The fraction of sp³-hybridized carbons (Fsp3) is 0.214. The van der Waals surface area contributed by atoms with E-state index in [1.807, 2.05) is 0 Å². The Bertz CT molecular complexity index is 671. The van der Waals surface area contributed by atoms with Crippen molar-refractivity contribution in [1.29, 1.82) is 0 Å². The number of benzene rings is 1. The van der Waals surface area contributed by atoms with E-state index < -0.39 is 17.7 Å². The van der Waals surface area contributed by atoms with E-state index in [4.69, 9.17) is 0 Å². The summed E-state index contributed by atoms with van der Waals surface area (Å²) in [5.74, 6) is -0.586. The highest BCUT2D eigenvalue weighted by Gasteiger charge is 2.31. The van der Waals surface area contributed by atoms with Crippen molar-refractivity contribution in [3.05, 3.63) is 48.2 Å². The van der Waals surface area contributed by atoms with Crippen LogP contribution >= 0.6 is 0 Å². The molecule has 0 bridgehead atoms. The van der Waals surface area contributed by atoms with Gasteiger partial charge in [-0.2, -0.15) is 13.2 Å². The smallest absolute Gasteiger partial charge is 0.416 e. The molecule has 6 heteroatoms. The second-order valence-corrected chi connectivity index (χ2v) is 4.21. The molecule has 2 aromatic rings. The summed E-state index contributed by atoms with van der Waals surface area (Å²) in [6.07, 6.45) is -1.41. The summed E-state index contributed by atoms with van der Waals surface area (Å²) in [5, 5.41) is 0.423. The van der Waals surface area contributed by atoms with Crippen LogP contribution in [0, 0.1) is 0 Å². The highest BCUT2D eigenvalue weighted by Crippen LogP contribution is 2.33. The van der Waals surface area contributed by atoms with Crippen LogP contribution in [0.1, 0.15) is 15.9 Å². The molecule has 0 atom stereocenters. The summed E-state index contributed by atoms with van der Waals surface area (Å²) >= 11 is 0. The normalized spacial score (nSPS) is 11.6. The lowest BCUT2D eigenvalue weighted by Crippen LogP contribution is -2.05. The van der Waals surface area contributed by atoms with E-state index in [0.29, 0.717) is 17.4 Å². The largest absolute Gasteiger partial charge is 0.465 e. The molecular weight excluding hydrogens is 271 g/mol. The van der Waals surface area contributed by atoms with Crippen LogP contribution in [0.2, 0.25) is 0 Å². The van der Waals surface area contributed by atoms with E-state index in [2.05, 4.69) is 11.3 Å². The summed E-state index contributed by atoms with van der Waals surface area (Å²) in [5.41, 5.74) is -0.206. The molecule has 0 radical (unpaired) electrons. The summed E-state index contributed by atoms with van der Waals surface area (Å²) in [6.45, 7) is 3.85. The molecule has 0 amide bonds. The number of hydrogen-bond acceptors (Lipinski definition) is 2. The minimum atomic E-state index is -4.43. The molecule has 3 nitrogen and oxygen atoms in total. The lowest BCUT2D eigenvalue weighted by Gasteiger charge is -2.08. The number of aromatic nitrogens is 1. The molecular formula is C14H12F3NO2. The third-order valence-electron chi connectivity index (χ3n) is 2.94. The van der Waals surface area contributed by atoms with Crippen LogP contribution in [0.25, 0.3) is 10.9 Å². The van der Waals surface area contributed by atoms with Gasteiger partial charge in [-0.3, -0.25) is 0 Å². The Labute approximate surface area is 113 Å². The summed E-state index contributed by atoms with van der Waals surface area (Å²) in [4.78, 5) is 11.6. The number of methoxy groups -OCH3 is 1. The minimum Gasteiger partial charge on any atom is -0.465 e. The van der Waals surface area contributed by atoms with Gasteiger partial charge in [0.05, 0.1) is 18.2 Å². The topological polar surface area (TPSA) is 31.2 Å². The van der Waals surface area contributed by atoms with Crippen molar-refractivity contribution in [3.8, 4) is 0 Å². The van der Waals surface area contributed by atoms with Crippen LogP contribution in [0.4, 0.5) is 13.2 Å². The average Bonchev–Trinajstić information content (AvgIpc) is 2.76. The Hall–Kier alpha value is -2.24. The van der Waals surface area contributed by atoms with Crippen LogP contribution in [0.3, 0.4) is 0 Å². The second kappa shape index (κ2) is 5.03. The van der Waals surface area contributed by atoms with Crippen molar-refractivity contribution < 1.29 is 22.7 Å². The third kappa shape index (κ3) is 2.41. The van der Waals surface area contributed by atoms with Crippen molar-refractivity contribution >= 4 is 16.9 Å². The Morgan fingerprint density at radius 1 is 1.45 bits per heavy atom. The molecule has 1 aromatic carbocycles. The predicted octanol–water partition coefficient (Wildman–Crippen LogP) is 3.63. The standard InChI is InChI=1S/C14H12F3NO2/c1-3-6-18-8-11(13(19)20-2)10-5-4-9(7-12(10)18)14(15,16)17/h3-5,7-8H,1,6H2,2H3. The fourth-order valence-electron chi connectivity index (χ4n) is 2.03. The van der Waals surface area contributed by atoms with Crippen molar-refractivity contribution in [2.75, 3.05) is 7.11 Å². The molecule has 0 N–H and O–H groups in total. The molecule has 106 valence electrons. The van der Waals surface area contributed by atoms with Crippen molar-refractivity contribution in [3.63, 3.8) is 0 Å². The van der Waals surface area contributed by atoms with Gasteiger partial charge in [0.25, 0.3) is 0 Å². The van der Waals surface area contributed by atoms with E-state index in [1.165, 1.54) is 23.9 Å². The maximum Gasteiger partial charge on any atom is 0.416 e. The number of hydrogen-bond donors (Lipinski definition) is 0. The number of nitrogens with zero attached hydrogens (tertiary/aromatic N) is 1. The molecule has 0 unspecified atom stereocenters. The van der Waals surface area contributed by atoms with Crippen LogP contribution in [0.15, 0.2) is 37.1 Å². The number of carbonyl (C=O) groups is 1. The first-order valence-corrected chi connectivity index (χ1v) is 5.77. The number of ether oxygens (including phenoxy) is 1. The van der Waals surface area contributed by atoms with E-state index in [9.17, 15) is 18.0 Å². The van der Waals surface area contributed by atoms with Gasteiger partial charge in [-0.1, -0.05) is 12.1 Å². The lowest BCUT2D eigenvalue weighted by molar-refractivity contribution is -0.137. The maximum atomic E-state index is 12.7. The first-order valence-electron chi connectivity index (χ1n) is 5.77. The zero-order chi connectivity index (χ0) is 14.9. The molecule has 2 rings (SSSR count). The van der Waals surface area contributed by atoms with Gasteiger partial charge in [-0.25, -0.2) is 4.79 Å². The highest BCUT2D eigenvalue weighted by molar-refractivity contribution is 6.04. The number of alkyl halides is 3. The van der Waals surface area contributed by atoms with Gasteiger partial charge in [0.2, 0.25) is 0 Å². The third-order valence-corrected chi connectivity index (χ3v) is 2.94. The average molecular weight is 283 g/mol. The number of allylic oxidation sites excluding steroid dienone is 1. The van der Waals surface area contributed by atoms with E-state index in [1.54, 1.807) is 6.08 Å². The Balaban J connectivity index is 2.69. The van der Waals surface area contributed by atoms with Crippen LogP contribution in [-0.2, 0) is 17.5 Å². The van der Waals surface area contributed by atoms with Crippen molar-refractivity contribution in [2.45, 2.75) is 12.7 Å². The van der Waals surface area contributed by atoms with Gasteiger partial charge in [-0.15, -0.1) is 6.58 Å². The monoisotopic (exact) mass is 283 g/mol. The fourth-order valence-corrected chi connectivity index (χ4v) is 2.03. The Kier molecular flexibility index (Phi) is 3.57. The van der Waals surface area contributed by atoms with Crippen molar-refractivity contribution in [1.82, 2.24) is 4.57 Å². The summed E-state index contributed by atoms with van der Waals surface area (Å²) in [7, 11) is 1.23. The van der Waals surface area contributed by atoms with Crippen LogP contribution in [0.5, 0.6) is 0 Å². The Morgan fingerprint density at radius 3 is 2.70 bits per heavy atom.